The van der Waals surface area contributed by atoms with E-state index in [9.17, 15) is 19.5 Å². The first-order valence-corrected chi connectivity index (χ1v) is 16.4. The molecule has 9 heteroatoms. The predicted molar refractivity (Wildman–Crippen MR) is 170 cm³/mol. The summed E-state index contributed by atoms with van der Waals surface area (Å²) in [6, 6.07) is 19.7. The molecule has 1 aliphatic carbocycles. The van der Waals surface area contributed by atoms with Crippen LogP contribution in [0.5, 0.6) is 5.75 Å². The van der Waals surface area contributed by atoms with E-state index in [1.54, 1.807) is 29.2 Å². The van der Waals surface area contributed by atoms with Crippen LogP contribution in [0.3, 0.4) is 0 Å². The van der Waals surface area contributed by atoms with Crippen LogP contribution < -0.4 is 0 Å². The third-order valence-corrected chi connectivity index (χ3v) is 9.48. The van der Waals surface area contributed by atoms with Gasteiger partial charge in [-0.2, -0.15) is 5.06 Å². The zero-order chi connectivity index (χ0) is 31.3. The molecule has 6 rings (SSSR count). The van der Waals surface area contributed by atoms with Crippen LogP contribution >= 0.6 is 0 Å². The molecular weight excluding hydrogens is 570 g/mol. The van der Waals surface area contributed by atoms with Gasteiger partial charge < -0.3 is 19.6 Å². The van der Waals surface area contributed by atoms with Gasteiger partial charge in [0.2, 0.25) is 5.91 Å². The molecule has 0 unspecified atom stereocenters. The van der Waals surface area contributed by atoms with Gasteiger partial charge >= 0.3 is 6.09 Å². The molecule has 0 radical (unpaired) electrons. The van der Waals surface area contributed by atoms with Crippen molar-refractivity contribution in [2.45, 2.75) is 89.6 Å². The number of ether oxygens (including phenoxy) is 1. The van der Waals surface area contributed by atoms with E-state index in [-0.39, 0.29) is 37.1 Å². The van der Waals surface area contributed by atoms with E-state index >= 15 is 0 Å². The Morgan fingerprint density at radius 3 is 2.49 bits per heavy atom. The number of carbonyl (C=O) groups is 3. The number of benzene rings is 3. The van der Waals surface area contributed by atoms with Crippen LogP contribution in [0.25, 0.3) is 10.8 Å². The second kappa shape index (κ2) is 13.9. The minimum atomic E-state index is -0.897. The largest absolute Gasteiger partial charge is 0.508 e. The number of phenols is 1. The maximum absolute atomic E-state index is 14.2. The maximum Gasteiger partial charge on any atom is 0.436 e. The summed E-state index contributed by atoms with van der Waals surface area (Å²) in [6.45, 7) is 2.83. The first-order chi connectivity index (χ1) is 21.9. The number of aromatic hydroxyl groups is 1. The van der Waals surface area contributed by atoms with Gasteiger partial charge in [-0.1, -0.05) is 93.6 Å². The summed E-state index contributed by atoms with van der Waals surface area (Å²) >= 11 is 0. The van der Waals surface area contributed by atoms with Crippen molar-refractivity contribution in [3.63, 3.8) is 0 Å². The van der Waals surface area contributed by atoms with Crippen LogP contribution in [0, 0.1) is 5.92 Å². The minimum absolute atomic E-state index is 0.0436. The van der Waals surface area contributed by atoms with Crippen LogP contribution in [0.2, 0.25) is 0 Å². The molecule has 2 heterocycles. The van der Waals surface area contributed by atoms with Gasteiger partial charge in [-0.05, 0) is 59.2 Å². The van der Waals surface area contributed by atoms with Crippen molar-refractivity contribution in [2.75, 3.05) is 13.1 Å². The number of amides is 3. The SMILES string of the molecule is CCCC[C@@H]1ON(C(=O)OCc2cccc3ccccc23)[C@H]2CN(CC3CCCCC3)C(=O)[C@H](Cc3ccc(O)cc3)N2C1=O. The number of phenolic OH excluding ortho intramolecular Hbond substituents is 1. The molecule has 45 heavy (non-hydrogen) atoms. The fraction of sp³-hybridized carbons (Fsp3) is 0.472. The lowest BCUT2D eigenvalue weighted by molar-refractivity contribution is -0.268. The lowest BCUT2D eigenvalue weighted by Gasteiger charge is -2.53. The van der Waals surface area contributed by atoms with Crippen LogP contribution in [0.15, 0.2) is 66.7 Å². The van der Waals surface area contributed by atoms with Crippen molar-refractivity contribution in [2.24, 2.45) is 5.92 Å². The fourth-order valence-corrected chi connectivity index (χ4v) is 7.06. The maximum atomic E-state index is 14.2. The van der Waals surface area contributed by atoms with Crippen molar-refractivity contribution < 1.29 is 29.1 Å². The van der Waals surface area contributed by atoms with Crippen molar-refractivity contribution in [1.82, 2.24) is 14.9 Å². The summed E-state index contributed by atoms with van der Waals surface area (Å²) in [6.07, 6.45) is 5.51. The van der Waals surface area contributed by atoms with Crippen LogP contribution in [0.1, 0.15) is 69.4 Å². The van der Waals surface area contributed by atoms with Crippen LogP contribution in [-0.4, -0.2) is 69.3 Å². The van der Waals surface area contributed by atoms with Crippen molar-refractivity contribution >= 4 is 28.7 Å². The number of hydrogen-bond donors (Lipinski definition) is 1. The van der Waals surface area contributed by atoms with Crippen LogP contribution in [0.4, 0.5) is 4.79 Å². The predicted octanol–water partition coefficient (Wildman–Crippen LogP) is 6.18. The summed E-state index contributed by atoms with van der Waals surface area (Å²) in [4.78, 5) is 51.8. The number of fused-ring (bicyclic) bond motifs is 2. The molecule has 9 nitrogen and oxygen atoms in total. The molecule has 0 aromatic heterocycles. The lowest BCUT2D eigenvalue weighted by Crippen LogP contribution is -2.74. The zero-order valence-corrected chi connectivity index (χ0v) is 26.0. The van der Waals surface area contributed by atoms with Crippen molar-refractivity contribution in [3.8, 4) is 5.75 Å². The highest BCUT2D eigenvalue weighted by Gasteiger charge is 2.53. The first kappa shape index (κ1) is 30.9. The molecule has 0 bridgehead atoms. The number of unbranched alkanes of at least 4 members (excludes halogenated alkanes) is 1. The standard InChI is InChI=1S/C36H43N3O6/c1-2-3-16-32-35(42)38-31(21-25-17-19-29(40)20-18-25)34(41)37(22-26-10-5-4-6-11-26)23-33(38)39(45-32)36(43)44-24-28-14-9-13-27-12-7-8-15-30(27)28/h7-9,12-15,17-20,26,31-33,40H,2-6,10-11,16,21-24H2,1H3/t31-,32-,33-/m0/s1. The third-order valence-electron chi connectivity index (χ3n) is 9.48. The summed E-state index contributed by atoms with van der Waals surface area (Å²) in [5.41, 5.74) is 1.69. The average molecular weight is 614 g/mol. The second-order valence-electron chi connectivity index (χ2n) is 12.6. The minimum Gasteiger partial charge on any atom is -0.508 e. The Bertz CT molecular complexity index is 1500. The van der Waals surface area contributed by atoms with E-state index in [1.165, 1.54) is 11.5 Å². The molecule has 1 N–H and O–H groups in total. The smallest absolute Gasteiger partial charge is 0.436 e. The van der Waals surface area contributed by atoms with E-state index in [2.05, 4.69) is 0 Å². The molecule has 3 atom stereocenters. The normalized spacial score (nSPS) is 22.5. The Hall–Kier alpha value is -4.11. The van der Waals surface area contributed by atoms with Gasteiger partial charge in [0.1, 0.15) is 18.4 Å². The highest BCUT2D eigenvalue weighted by atomic mass is 16.7. The van der Waals surface area contributed by atoms with E-state index in [4.69, 9.17) is 9.57 Å². The summed E-state index contributed by atoms with van der Waals surface area (Å²) < 4.78 is 5.88. The van der Waals surface area contributed by atoms with Gasteiger partial charge in [0.15, 0.2) is 12.3 Å². The lowest BCUT2D eigenvalue weighted by atomic mass is 9.88. The molecule has 2 aliphatic heterocycles. The number of hydroxylamine groups is 2. The highest BCUT2D eigenvalue weighted by Crippen LogP contribution is 2.33. The number of carbonyl (C=O) groups excluding carboxylic acids is 3. The van der Waals surface area contributed by atoms with Crippen molar-refractivity contribution in [3.05, 3.63) is 77.9 Å². The molecule has 3 amide bonds. The molecule has 2 saturated heterocycles. The number of nitrogens with zero attached hydrogens (tertiary/aromatic N) is 3. The van der Waals surface area contributed by atoms with Gasteiger partial charge in [0.25, 0.3) is 5.91 Å². The molecule has 3 aliphatic rings. The third kappa shape index (κ3) is 6.78. The molecule has 1 saturated carbocycles. The van der Waals surface area contributed by atoms with Gasteiger partial charge in [0.05, 0.1) is 6.54 Å². The van der Waals surface area contributed by atoms with Gasteiger partial charge in [0, 0.05) is 13.0 Å². The Balaban J connectivity index is 1.30. The quantitative estimate of drug-likeness (QED) is 0.310. The molecule has 3 aromatic rings. The molecule has 238 valence electrons. The Kier molecular flexibility index (Phi) is 9.54. The zero-order valence-electron chi connectivity index (χ0n) is 26.0. The van der Waals surface area contributed by atoms with Gasteiger partial charge in [-0.3, -0.25) is 14.4 Å². The molecular formula is C36H43N3O6. The topological polar surface area (TPSA) is 99.6 Å². The van der Waals surface area contributed by atoms with E-state index < -0.39 is 24.4 Å². The van der Waals surface area contributed by atoms with Gasteiger partial charge in [-0.25, -0.2) is 4.79 Å². The summed E-state index contributed by atoms with van der Waals surface area (Å²) in [5, 5.41) is 13.1. The Morgan fingerprint density at radius 2 is 1.71 bits per heavy atom. The Morgan fingerprint density at radius 1 is 0.956 bits per heavy atom. The van der Waals surface area contributed by atoms with Crippen LogP contribution in [-0.2, 0) is 32.2 Å². The highest BCUT2D eigenvalue weighted by molar-refractivity contribution is 5.92. The molecule has 0 spiro atoms. The Labute approximate surface area is 264 Å². The summed E-state index contributed by atoms with van der Waals surface area (Å²) in [5.74, 6) is 0.125. The number of hydrogen-bond acceptors (Lipinski definition) is 6. The summed E-state index contributed by atoms with van der Waals surface area (Å²) in [7, 11) is 0. The average Bonchev–Trinajstić information content (AvgIpc) is 3.06. The number of piperazine rings is 1. The second-order valence-corrected chi connectivity index (χ2v) is 12.6. The van der Waals surface area contributed by atoms with E-state index in [0.29, 0.717) is 18.9 Å². The van der Waals surface area contributed by atoms with Gasteiger partial charge in [-0.15, -0.1) is 0 Å². The first-order valence-electron chi connectivity index (χ1n) is 16.4. The van der Waals surface area contributed by atoms with E-state index in [0.717, 1.165) is 60.4 Å². The fourth-order valence-electron chi connectivity index (χ4n) is 7.06. The van der Waals surface area contributed by atoms with Crippen molar-refractivity contribution in [1.29, 1.82) is 0 Å². The molecule has 3 fully saturated rings. The molecule has 3 aromatic carbocycles. The number of rotatable bonds is 9. The monoisotopic (exact) mass is 613 g/mol. The van der Waals surface area contributed by atoms with E-state index in [1.807, 2.05) is 54.3 Å².